The lowest BCUT2D eigenvalue weighted by molar-refractivity contribution is -0.155. The predicted octanol–water partition coefficient (Wildman–Crippen LogP) is 2.20. The molecule has 1 aliphatic carbocycles. The van der Waals surface area contributed by atoms with E-state index in [2.05, 4.69) is 0 Å². The largest absolute Gasteiger partial charge is 0.395 e. The van der Waals surface area contributed by atoms with Gasteiger partial charge in [-0.3, -0.25) is 0 Å². The molecule has 0 N–H and O–H groups in total. The minimum Gasteiger partial charge on any atom is -0.170 e. The molecule has 0 nitrogen and oxygen atoms in total. The van der Waals surface area contributed by atoms with Crippen molar-refractivity contribution in [3.05, 3.63) is 20.7 Å². The lowest BCUT2D eigenvalue weighted by Gasteiger charge is -2.16. The Labute approximate surface area is 83.4 Å². The Bertz CT molecular complexity index is 453. The third-order valence-corrected chi connectivity index (χ3v) is 3.48. The SMILES string of the molecule is Cc1csc2c1=CCC(C(F)(F)F)C=2. The van der Waals surface area contributed by atoms with Crippen molar-refractivity contribution in [2.45, 2.75) is 19.5 Å². The first kappa shape index (κ1) is 9.77. The first-order valence-electron chi connectivity index (χ1n) is 4.31. The summed E-state index contributed by atoms with van der Waals surface area (Å²) in [5.74, 6) is -1.30. The van der Waals surface area contributed by atoms with Crippen LogP contribution in [0.4, 0.5) is 13.2 Å². The third-order valence-electron chi connectivity index (χ3n) is 2.40. The molecule has 0 bridgehead atoms. The molecule has 0 aliphatic heterocycles. The van der Waals surface area contributed by atoms with Gasteiger partial charge in [0.2, 0.25) is 0 Å². The van der Waals surface area contributed by atoms with Crippen molar-refractivity contribution in [1.82, 2.24) is 0 Å². The zero-order chi connectivity index (χ0) is 10.3. The molecule has 1 atom stereocenters. The lowest BCUT2D eigenvalue weighted by atomic mass is 9.99. The number of aryl methyl sites for hydroxylation is 1. The fourth-order valence-corrected chi connectivity index (χ4v) is 2.63. The number of rotatable bonds is 0. The van der Waals surface area contributed by atoms with Gasteiger partial charge in [-0.2, -0.15) is 13.2 Å². The first-order chi connectivity index (χ1) is 6.48. The summed E-state index contributed by atoms with van der Waals surface area (Å²) in [6.07, 6.45) is -0.994. The summed E-state index contributed by atoms with van der Waals surface area (Å²) in [4.78, 5) is 0. The van der Waals surface area contributed by atoms with Crippen LogP contribution in [0.3, 0.4) is 0 Å². The summed E-state index contributed by atoms with van der Waals surface area (Å²) in [5, 5.41) is 2.88. The third kappa shape index (κ3) is 1.59. The highest BCUT2D eigenvalue weighted by atomic mass is 32.1. The molecule has 1 unspecified atom stereocenters. The Balaban J connectivity index is 2.50. The van der Waals surface area contributed by atoms with Crippen molar-refractivity contribution in [3.63, 3.8) is 0 Å². The molecule has 1 heterocycles. The second kappa shape index (κ2) is 3.12. The molecule has 0 saturated carbocycles. The molecular weight excluding hydrogens is 209 g/mol. The van der Waals surface area contributed by atoms with Crippen LogP contribution in [0.25, 0.3) is 12.2 Å². The molecule has 4 heteroatoms. The van der Waals surface area contributed by atoms with Gasteiger partial charge in [0.1, 0.15) is 0 Å². The van der Waals surface area contributed by atoms with Crippen molar-refractivity contribution < 1.29 is 13.2 Å². The van der Waals surface area contributed by atoms with Gasteiger partial charge in [-0.05, 0) is 29.5 Å². The first-order valence-corrected chi connectivity index (χ1v) is 5.19. The summed E-state index contributed by atoms with van der Waals surface area (Å²) >= 11 is 1.39. The molecule has 2 rings (SSSR count). The quantitative estimate of drug-likeness (QED) is 0.626. The molecule has 14 heavy (non-hydrogen) atoms. The van der Waals surface area contributed by atoms with E-state index in [4.69, 9.17) is 0 Å². The maximum atomic E-state index is 12.4. The van der Waals surface area contributed by atoms with Gasteiger partial charge in [-0.15, -0.1) is 11.3 Å². The number of halogens is 3. The summed E-state index contributed by atoms with van der Waals surface area (Å²) in [6.45, 7) is 1.92. The zero-order valence-electron chi connectivity index (χ0n) is 7.56. The lowest BCUT2D eigenvalue weighted by Crippen LogP contribution is -2.31. The standard InChI is InChI=1S/C10H9F3S/c1-6-5-14-9-4-7(10(11,12)13)2-3-8(6)9/h3-5,7H,2H2,1H3. The van der Waals surface area contributed by atoms with Gasteiger partial charge in [0.05, 0.1) is 5.92 Å². The van der Waals surface area contributed by atoms with Gasteiger partial charge in [0.15, 0.2) is 0 Å². The fourth-order valence-electron chi connectivity index (χ4n) is 1.59. The number of alkyl halides is 3. The highest BCUT2D eigenvalue weighted by Gasteiger charge is 2.37. The van der Waals surface area contributed by atoms with Crippen LogP contribution >= 0.6 is 11.3 Å². The minimum atomic E-state index is -4.11. The highest BCUT2D eigenvalue weighted by Crippen LogP contribution is 2.31. The van der Waals surface area contributed by atoms with Crippen molar-refractivity contribution >= 4 is 23.5 Å². The Morgan fingerprint density at radius 3 is 2.79 bits per heavy atom. The summed E-state index contributed by atoms with van der Waals surface area (Å²) < 4.78 is 37.9. The molecule has 0 amide bonds. The molecule has 0 spiro atoms. The van der Waals surface area contributed by atoms with Gasteiger partial charge >= 0.3 is 6.18 Å². The highest BCUT2D eigenvalue weighted by molar-refractivity contribution is 7.07. The van der Waals surface area contributed by atoms with Crippen molar-refractivity contribution in [2.75, 3.05) is 0 Å². The van der Waals surface area contributed by atoms with E-state index >= 15 is 0 Å². The van der Waals surface area contributed by atoms with E-state index < -0.39 is 12.1 Å². The normalized spacial score (nSPS) is 21.0. The Morgan fingerprint density at radius 1 is 1.43 bits per heavy atom. The Hall–Kier alpha value is -0.770. The van der Waals surface area contributed by atoms with Gasteiger partial charge in [0.25, 0.3) is 0 Å². The second-order valence-electron chi connectivity index (χ2n) is 3.45. The van der Waals surface area contributed by atoms with Crippen LogP contribution in [0.1, 0.15) is 12.0 Å². The molecular formula is C10H9F3S. The van der Waals surface area contributed by atoms with E-state index in [0.717, 1.165) is 15.3 Å². The second-order valence-corrected chi connectivity index (χ2v) is 4.36. The summed E-state index contributed by atoms with van der Waals surface area (Å²) in [6, 6.07) is 0. The maximum Gasteiger partial charge on any atom is 0.395 e. The molecule has 0 radical (unpaired) electrons. The average molecular weight is 218 g/mol. The molecule has 1 aliphatic rings. The number of thiophene rings is 1. The van der Waals surface area contributed by atoms with Gasteiger partial charge in [-0.1, -0.05) is 12.2 Å². The maximum absolute atomic E-state index is 12.4. The van der Waals surface area contributed by atoms with E-state index in [9.17, 15) is 13.2 Å². The average Bonchev–Trinajstić information content (AvgIpc) is 2.46. The van der Waals surface area contributed by atoms with Crippen molar-refractivity contribution in [1.29, 1.82) is 0 Å². The molecule has 1 aromatic rings. The molecule has 0 saturated heterocycles. The van der Waals surface area contributed by atoms with Crippen molar-refractivity contribution in [2.24, 2.45) is 5.92 Å². The van der Waals surface area contributed by atoms with Crippen LogP contribution in [0.15, 0.2) is 5.38 Å². The Kier molecular flexibility index (Phi) is 2.18. The number of hydrogen-bond acceptors (Lipinski definition) is 1. The zero-order valence-corrected chi connectivity index (χ0v) is 8.38. The number of fused-ring (bicyclic) bond motifs is 1. The molecule has 1 aromatic heterocycles. The van der Waals surface area contributed by atoms with Crippen LogP contribution in [-0.4, -0.2) is 6.18 Å². The van der Waals surface area contributed by atoms with E-state index in [1.54, 1.807) is 6.08 Å². The van der Waals surface area contributed by atoms with Crippen LogP contribution in [0, 0.1) is 12.8 Å². The molecule has 0 fully saturated rings. The summed E-state index contributed by atoms with van der Waals surface area (Å²) in [7, 11) is 0. The predicted molar refractivity (Wildman–Crippen MR) is 51.4 cm³/mol. The van der Waals surface area contributed by atoms with E-state index in [1.807, 2.05) is 12.3 Å². The van der Waals surface area contributed by atoms with Crippen LogP contribution < -0.4 is 9.75 Å². The van der Waals surface area contributed by atoms with E-state index in [-0.39, 0.29) is 6.42 Å². The fraction of sp³-hybridized carbons (Fsp3) is 0.400. The minimum absolute atomic E-state index is 0.0775. The number of hydrogen-bond donors (Lipinski definition) is 0. The van der Waals surface area contributed by atoms with Crippen LogP contribution in [0.5, 0.6) is 0 Å². The molecule has 76 valence electrons. The summed E-state index contributed by atoms with van der Waals surface area (Å²) in [5.41, 5.74) is 1.07. The van der Waals surface area contributed by atoms with Crippen LogP contribution in [0.2, 0.25) is 0 Å². The Morgan fingerprint density at radius 2 is 2.14 bits per heavy atom. The monoisotopic (exact) mass is 218 g/mol. The van der Waals surface area contributed by atoms with E-state index in [1.165, 1.54) is 17.4 Å². The van der Waals surface area contributed by atoms with E-state index in [0.29, 0.717) is 0 Å². The van der Waals surface area contributed by atoms with Gasteiger partial charge in [-0.25, -0.2) is 0 Å². The topological polar surface area (TPSA) is 0 Å². The van der Waals surface area contributed by atoms with Gasteiger partial charge in [0, 0.05) is 4.53 Å². The van der Waals surface area contributed by atoms with Crippen molar-refractivity contribution in [3.8, 4) is 0 Å². The smallest absolute Gasteiger partial charge is 0.170 e. The van der Waals surface area contributed by atoms with Gasteiger partial charge < -0.3 is 0 Å². The molecule has 0 aromatic carbocycles. The van der Waals surface area contributed by atoms with Crippen LogP contribution in [-0.2, 0) is 0 Å².